The lowest BCUT2D eigenvalue weighted by Crippen LogP contribution is -2.03. The smallest absolute Gasteiger partial charge is 0.133 e. The van der Waals surface area contributed by atoms with Crippen molar-refractivity contribution >= 4 is 0 Å². The van der Waals surface area contributed by atoms with Crippen LogP contribution >= 0.6 is 0 Å². The third-order valence-electron chi connectivity index (χ3n) is 2.58. The second-order valence-corrected chi connectivity index (χ2v) is 3.84. The number of aryl methyl sites for hydroxylation is 1. The molecule has 2 aromatic rings. The Morgan fingerprint density at radius 2 is 2.06 bits per heavy atom. The maximum atomic E-state index is 13.4. The molecular formula is C13H13FN2O. The number of hydrogen-bond acceptors (Lipinski definition) is 3. The second-order valence-electron chi connectivity index (χ2n) is 3.84. The maximum absolute atomic E-state index is 13.4. The van der Waals surface area contributed by atoms with Gasteiger partial charge in [0.1, 0.15) is 11.6 Å². The van der Waals surface area contributed by atoms with E-state index in [2.05, 4.69) is 9.97 Å². The molecule has 1 aromatic heterocycles. The first-order valence-corrected chi connectivity index (χ1v) is 5.36. The van der Waals surface area contributed by atoms with Crippen molar-refractivity contribution in [1.82, 2.24) is 9.97 Å². The standard InChI is InChI=1S/C13H13FN2O/c1-9-7-15-13(16-12(9)8-17)6-10-4-2-3-5-11(10)14/h2-5,7,17H,6,8H2,1H3. The molecule has 0 radical (unpaired) electrons. The van der Waals surface area contributed by atoms with Gasteiger partial charge in [0, 0.05) is 12.6 Å². The Labute approximate surface area is 99.0 Å². The van der Waals surface area contributed by atoms with Crippen LogP contribution in [0.15, 0.2) is 30.5 Å². The molecule has 88 valence electrons. The first-order chi connectivity index (χ1) is 8.20. The average molecular weight is 232 g/mol. The van der Waals surface area contributed by atoms with Gasteiger partial charge in [-0.2, -0.15) is 0 Å². The summed E-state index contributed by atoms with van der Waals surface area (Å²) < 4.78 is 13.4. The minimum absolute atomic E-state index is 0.126. The van der Waals surface area contributed by atoms with Crippen LogP contribution in [-0.2, 0) is 13.0 Å². The lowest BCUT2D eigenvalue weighted by Gasteiger charge is -2.05. The molecule has 1 heterocycles. The zero-order valence-corrected chi connectivity index (χ0v) is 9.52. The summed E-state index contributed by atoms with van der Waals surface area (Å²) in [7, 11) is 0. The van der Waals surface area contributed by atoms with Gasteiger partial charge in [-0.1, -0.05) is 18.2 Å². The van der Waals surface area contributed by atoms with E-state index >= 15 is 0 Å². The van der Waals surface area contributed by atoms with E-state index in [9.17, 15) is 4.39 Å². The summed E-state index contributed by atoms with van der Waals surface area (Å²) in [6.07, 6.45) is 1.98. The monoisotopic (exact) mass is 232 g/mol. The number of halogens is 1. The Balaban J connectivity index is 2.28. The molecular weight excluding hydrogens is 219 g/mol. The Morgan fingerprint density at radius 1 is 1.29 bits per heavy atom. The number of aliphatic hydroxyl groups excluding tert-OH is 1. The fraction of sp³-hybridized carbons (Fsp3) is 0.231. The fourth-order valence-electron chi connectivity index (χ4n) is 1.58. The summed E-state index contributed by atoms with van der Waals surface area (Å²) in [5.74, 6) is 0.256. The molecule has 2 rings (SSSR count). The first-order valence-electron chi connectivity index (χ1n) is 5.36. The van der Waals surface area contributed by atoms with Crippen LogP contribution in [-0.4, -0.2) is 15.1 Å². The van der Waals surface area contributed by atoms with E-state index in [4.69, 9.17) is 5.11 Å². The van der Waals surface area contributed by atoms with Gasteiger partial charge in [0.15, 0.2) is 0 Å². The molecule has 0 aliphatic rings. The zero-order valence-electron chi connectivity index (χ0n) is 9.52. The number of aromatic nitrogens is 2. The van der Waals surface area contributed by atoms with E-state index in [-0.39, 0.29) is 12.4 Å². The molecule has 1 N–H and O–H groups in total. The molecule has 0 unspecified atom stereocenters. The average Bonchev–Trinajstić information content (AvgIpc) is 2.34. The van der Waals surface area contributed by atoms with Crippen molar-refractivity contribution in [2.45, 2.75) is 20.0 Å². The number of benzene rings is 1. The van der Waals surface area contributed by atoms with Crippen molar-refractivity contribution in [3.8, 4) is 0 Å². The van der Waals surface area contributed by atoms with Crippen LogP contribution < -0.4 is 0 Å². The summed E-state index contributed by atoms with van der Waals surface area (Å²) in [5, 5.41) is 9.10. The molecule has 0 aliphatic carbocycles. The van der Waals surface area contributed by atoms with Gasteiger partial charge in [0.05, 0.1) is 12.3 Å². The molecule has 4 heteroatoms. The number of hydrogen-bond donors (Lipinski definition) is 1. The van der Waals surface area contributed by atoms with Gasteiger partial charge in [-0.25, -0.2) is 14.4 Å². The summed E-state index contributed by atoms with van der Waals surface area (Å²) in [6, 6.07) is 6.54. The molecule has 1 aromatic carbocycles. The van der Waals surface area contributed by atoms with Crippen LogP contribution in [0.5, 0.6) is 0 Å². The molecule has 3 nitrogen and oxygen atoms in total. The number of aliphatic hydroxyl groups is 1. The minimum Gasteiger partial charge on any atom is -0.390 e. The van der Waals surface area contributed by atoms with Gasteiger partial charge in [-0.15, -0.1) is 0 Å². The molecule has 0 atom stereocenters. The fourth-order valence-corrected chi connectivity index (χ4v) is 1.58. The van der Waals surface area contributed by atoms with Crippen molar-refractivity contribution in [3.05, 3.63) is 58.9 Å². The van der Waals surface area contributed by atoms with Gasteiger partial charge in [0.25, 0.3) is 0 Å². The Kier molecular flexibility index (Phi) is 3.44. The van der Waals surface area contributed by atoms with Gasteiger partial charge in [-0.3, -0.25) is 0 Å². The summed E-state index contributed by atoms with van der Waals surface area (Å²) in [6.45, 7) is 1.71. The Hall–Kier alpha value is -1.81. The highest BCUT2D eigenvalue weighted by Gasteiger charge is 2.06. The van der Waals surface area contributed by atoms with E-state index in [0.717, 1.165) is 5.56 Å². The first kappa shape index (κ1) is 11.7. The van der Waals surface area contributed by atoms with Crippen molar-refractivity contribution in [3.63, 3.8) is 0 Å². The van der Waals surface area contributed by atoms with E-state index in [1.807, 2.05) is 6.92 Å². The topological polar surface area (TPSA) is 46.0 Å². The quantitative estimate of drug-likeness (QED) is 0.880. The van der Waals surface area contributed by atoms with E-state index in [1.165, 1.54) is 6.07 Å². The number of nitrogens with zero attached hydrogens (tertiary/aromatic N) is 2. The molecule has 0 bridgehead atoms. The van der Waals surface area contributed by atoms with Gasteiger partial charge in [0.2, 0.25) is 0 Å². The third kappa shape index (κ3) is 2.65. The van der Waals surface area contributed by atoms with Gasteiger partial charge >= 0.3 is 0 Å². The highest BCUT2D eigenvalue weighted by molar-refractivity contribution is 5.22. The lowest BCUT2D eigenvalue weighted by atomic mass is 10.1. The Morgan fingerprint density at radius 3 is 2.76 bits per heavy atom. The van der Waals surface area contributed by atoms with Crippen molar-refractivity contribution < 1.29 is 9.50 Å². The highest BCUT2D eigenvalue weighted by Crippen LogP contribution is 2.11. The van der Waals surface area contributed by atoms with Gasteiger partial charge in [-0.05, 0) is 24.1 Å². The SMILES string of the molecule is Cc1cnc(Cc2ccccc2F)nc1CO. The second kappa shape index (κ2) is 5.01. The molecule has 0 aliphatic heterocycles. The molecule has 0 fully saturated rings. The van der Waals surface area contributed by atoms with E-state index in [0.29, 0.717) is 23.5 Å². The maximum Gasteiger partial charge on any atom is 0.133 e. The molecule has 0 saturated carbocycles. The van der Waals surface area contributed by atoms with Crippen LogP contribution in [0, 0.1) is 12.7 Å². The number of rotatable bonds is 3. The summed E-state index contributed by atoms with van der Waals surface area (Å²) in [4.78, 5) is 8.33. The highest BCUT2D eigenvalue weighted by atomic mass is 19.1. The molecule has 17 heavy (non-hydrogen) atoms. The lowest BCUT2D eigenvalue weighted by molar-refractivity contribution is 0.275. The molecule has 0 spiro atoms. The van der Waals surface area contributed by atoms with Gasteiger partial charge < -0.3 is 5.11 Å². The van der Waals surface area contributed by atoms with Crippen molar-refractivity contribution in [1.29, 1.82) is 0 Å². The predicted octanol–water partition coefficient (Wildman–Crippen LogP) is 2.01. The van der Waals surface area contributed by atoms with Crippen LogP contribution in [0.2, 0.25) is 0 Å². The van der Waals surface area contributed by atoms with Crippen LogP contribution in [0.4, 0.5) is 4.39 Å². The van der Waals surface area contributed by atoms with Crippen LogP contribution in [0.3, 0.4) is 0 Å². The summed E-state index contributed by atoms with van der Waals surface area (Å²) in [5.41, 5.74) is 1.98. The van der Waals surface area contributed by atoms with Crippen molar-refractivity contribution in [2.75, 3.05) is 0 Å². The summed E-state index contributed by atoms with van der Waals surface area (Å²) >= 11 is 0. The van der Waals surface area contributed by atoms with E-state index < -0.39 is 0 Å². The molecule has 0 saturated heterocycles. The largest absolute Gasteiger partial charge is 0.390 e. The normalized spacial score (nSPS) is 10.5. The van der Waals surface area contributed by atoms with Crippen LogP contribution in [0.1, 0.15) is 22.6 Å². The molecule has 0 amide bonds. The third-order valence-corrected chi connectivity index (χ3v) is 2.58. The van der Waals surface area contributed by atoms with Crippen LogP contribution in [0.25, 0.3) is 0 Å². The van der Waals surface area contributed by atoms with E-state index in [1.54, 1.807) is 24.4 Å². The minimum atomic E-state index is -0.262. The van der Waals surface area contributed by atoms with Crippen molar-refractivity contribution in [2.24, 2.45) is 0 Å². The Bertz CT molecular complexity index is 529. The predicted molar refractivity (Wildman–Crippen MR) is 61.9 cm³/mol. The zero-order chi connectivity index (χ0) is 12.3.